The molecule has 6 heteroatoms. The molecule has 1 heterocycles. The molecule has 2 aromatic rings. The maximum Gasteiger partial charge on any atom is 0.227 e. The first-order valence-electron chi connectivity index (χ1n) is 6.46. The second-order valence-corrected chi connectivity index (χ2v) is 4.87. The Morgan fingerprint density at radius 1 is 1.29 bits per heavy atom. The van der Waals surface area contributed by atoms with Crippen LogP contribution in [0, 0.1) is 6.92 Å². The van der Waals surface area contributed by atoms with Crippen LogP contribution in [0.25, 0.3) is 0 Å². The van der Waals surface area contributed by atoms with E-state index in [1.54, 1.807) is 43.3 Å². The SMILES string of the molecule is Cc1nc(Cl)ccc1NC(=O)CCOc1ccc(N)cc1. The lowest BCUT2D eigenvalue weighted by atomic mass is 10.3. The summed E-state index contributed by atoms with van der Waals surface area (Å²) in [6, 6.07) is 10.4. The van der Waals surface area contributed by atoms with Crippen LogP contribution in [-0.4, -0.2) is 17.5 Å². The second-order valence-electron chi connectivity index (χ2n) is 4.48. The minimum absolute atomic E-state index is 0.141. The zero-order valence-electron chi connectivity index (χ0n) is 11.6. The third-order valence-electron chi connectivity index (χ3n) is 2.80. The van der Waals surface area contributed by atoms with Crippen molar-refractivity contribution in [3.05, 3.63) is 47.2 Å². The van der Waals surface area contributed by atoms with Crippen LogP contribution in [0.3, 0.4) is 0 Å². The first-order chi connectivity index (χ1) is 10.0. The lowest BCUT2D eigenvalue weighted by Gasteiger charge is -2.09. The quantitative estimate of drug-likeness (QED) is 0.657. The molecule has 1 amide bonds. The number of carbonyl (C=O) groups is 1. The number of amides is 1. The second kappa shape index (κ2) is 6.95. The van der Waals surface area contributed by atoms with Crippen LogP contribution in [0.1, 0.15) is 12.1 Å². The van der Waals surface area contributed by atoms with E-state index in [0.717, 1.165) is 0 Å². The molecule has 0 saturated heterocycles. The normalized spacial score (nSPS) is 10.2. The summed E-state index contributed by atoms with van der Waals surface area (Å²) in [6.45, 7) is 2.07. The average Bonchev–Trinajstić information content (AvgIpc) is 2.44. The fourth-order valence-electron chi connectivity index (χ4n) is 1.70. The maximum atomic E-state index is 11.8. The summed E-state index contributed by atoms with van der Waals surface area (Å²) in [5, 5.41) is 3.17. The van der Waals surface area contributed by atoms with Crippen molar-refractivity contribution in [3.63, 3.8) is 0 Å². The van der Waals surface area contributed by atoms with Gasteiger partial charge in [0.2, 0.25) is 5.91 Å². The molecule has 1 aromatic heterocycles. The summed E-state index contributed by atoms with van der Waals surface area (Å²) in [5.74, 6) is 0.541. The van der Waals surface area contributed by atoms with Gasteiger partial charge in [-0.25, -0.2) is 4.98 Å². The number of nitrogens with two attached hydrogens (primary N) is 1. The molecule has 0 unspecified atom stereocenters. The molecule has 0 aliphatic heterocycles. The molecule has 3 N–H and O–H groups in total. The van der Waals surface area contributed by atoms with E-state index in [2.05, 4.69) is 10.3 Å². The largest absolute Gasteiger partial charge is 0.493 e. The summed E-state index contributed by atoms with van der Waals surface area (Å²) in [7, 11) is 0. The average molecular weight is 306 g/mol. The Morgan fingerprint density at radius 3 is 2.67 bits per heavy atom. The highest BCUT2D eigenvalue weighted by atomic mass is 35.5. The standard InChI is InChI=1S/C15H16ClN3O2/c1-10-13(6-7-14(16)18-10)19-15(20)8-9-21-12-4-2-11(17)3-5-12/h2-7H,8-9,17H2,1H3,(H,19,20). The Kier molecular flexibility index (Phi) is 5.00. The smallest absolute Gasteiger partial charge is 0.227 e. The van der Waals surface area contributed by atoms with E-state index in [-0.39, 0.29) is 18.9 Å². The molecule has 0 bridgehead atoms. The number of carbonyl (C=O) groups excluding carboxylic acids is 1. The van der Waals surface area contributed by atoms with Gasteiger partial charge in [-0.3, -0.25) is 4.79 Å². The van der Waals surface area contributed by atoms with Gasteiger partial charge in [0.1, 0.15) is 10.9 Å². The van der Waals surface area contributed by atoms with Crippen molar-refractivity contribution >= 4 is 28.9 Å². The lowest BCUT2D eigenvalue weighted by Crippen LogP contribution is -2.16. The van der Waals surface area contributed by atoms with Crippen molar-refractivity contribution in [1.29, 1.82) is 0 Å². The zero-order valence-corrected chi connectivity index (χ0v) is 12.4. The van der Waals surface area contributed by atoms with Crippen molar-refractivity contribution in [2.45, 2.75) is 13.3 Å². The molecule has 0 aliphatic carbocycles. The van der Waals surface area contributed by atoms with Crippen LogP contribution in [0.15, 0.2) is 36.4 Å². The van der Waals surface area contributed by atoms with Crippen molar-refractivity contribution in [1.82, 2.24) is 4.98 Å². The fourth-order valence-corrected chi connectivity index (χ4v) is 1.89. The summed E-state index contributed by atoms with van der Waals surface area (Å²) in [5.41, 5.74) is 7.58. The highest BCUT2D eigenvalue weighted by molar-refractivity contribution is 6.29. The van der Waals surface area contributed by atoms with E-state index in [1.165, 1.54) is 0 Å². The molecule has 0 spiro atoms. The first kappa shape index (κ1) is 15.1. The molecule has 1 aromatic carbocycles. The molecule has 0 atom stereocenters. The summed E-state index contributed by atoms with van der Waals surface area (Å²) in [6.07, 6.45) is 0.243. The predicted molar refractivity (Wildman–Crippen MR) is 83.6 cm³/mol. The molecular formula is C15H16ClN3O2. The van der Waals surface area contributed by atoms with Crippen LogP contribution in [0.5, 0.6) is 5.75 Å². The summed E-state index contributed by atoms with van der Waals surface area (Å²) >= 11 is 5.76. The van der Waals surface area contributed by atoms with E-state index < -0.39 is 0 Å². The molecule has 0 radical (unpaired) electrons. The molecule has 5 nitrogen and oxygen atoms in total. The molecule has 0 fully saturated rings. The monoisotopic (exact) mass is 305 g/mol. The number of aromatic nitrogens is 1. The van der Waals surface area contributed by atoms with Crippen molar-refractivity contribution in [2.75, 3.05) is 17.7 Å². The first-order valence-corrected chi connectivity index (χ1v) is 6.84. The molecule has 2 rings (SSSR count). The Hall–Kier alpha value is -2.27. The van der Waals surface area contributed by atoms with Gasteiger partial charge in [-0.15, -0.1) is 0 Å². The highest BCUT2D eigenvalue weighted by Gasteiger charge is 2.06. The number of benzene rings is 1. The van der Waals surface area contributed by atoms with Crippen LogP contribution in [0.4, 0.5) is 11.4 Å². The van der Waals surface area contributed by atoms with Crippen LogP contribution in [0.2, 0.25) is 5.15 Å². The number of nitrogen functional groups attached to an aromatic ring is 1. The van der Waals surface area contributed by atoms with Gasteiger partial charge in [-0.2, -0.15) is 0 Å². The van der Waals surface area contributed by atoms with Gasteiger partial charge < -0.3 is 15.8 Å². The van der Waals surface area contributed by atoms with Crippen molar-refractivity contribution < 1.29 is 9.53 Å². The predicted octanol–water partition coefficient (Wildman–Crippen LogP) is 3.03. The maximum absolute atomic E-state index is 11.8. The van der Waals surface area contributed by atoms with Crippen molar-refractivity contribution in [3.8, 4) is 5.75 Å². The Morgan fingerprint density at radius 2 is 2.00 bits per heavy atom. The topological polar surface area (TPSA) is 77.2 Å². The molecular weight excluding hydrogens is 290 g/mol. The zero-order chi connectivity index (χ0) is 15.2. The van der Waals surface area contributed by atoms with Gasteiger partial charge in [0, 0.05) is 5.69 Å². The number of nitrogens with one attached hydrogen (secondary N) is 1. The van der Waals surface area contributed by atoms with Crippen LogP contribution < -0.4 is 15.8 Å². The third kappa shape index (κ3) is 4.65. The Balaban J connectivity index is 1.81. The van der Waals surface area contributed by atoms with Crippen LogP contribution >= 0.6 is 11.6 Å². The van der Waals surface area contributed by atoms with Crippen molar-refractivity contribution in [2.24, 2.45) is 0 Å². The number of hydrogen-bond donors (Lipinski definition) is 2. The van der Waals surface area contributed by atoms with Gasteiger partial charge >= 0.3 is 0 Å². The number of halogens is 1. The number of ether oxygens (including phenoxy) is 1. The van der Waals surface area contributed by atoms with E-state index >= 15 is 0 Å². The van der Waals surface area contributed by atoms with E-state index in [4.69, 9.17) is 22.1 Å². The number of hydrogen-bond acceptors (Lipinski definition) is 4. The molecule has 110 valence electrons. The minimum atomic E-state index is -0.141. The van der Waals surface area contributed by atoms with E-state index in [9.17, 15) is 4.79 Å². The third-order valence-corrected chi connectivity index (χ3v) is 3.01. The van der Waals surface area contributed by atoms with Gasteiger partial charge in [-0.05, 0) is 43.3 Å². The molecule has 0 saturated carbocycles. The van der Waals surface area contributed by atoms with E-state index in [0.29, 0.717) is 28.0 Å². The number of anilines is 2. The van der Waals surface area contributed by atoms with Crippen LogP contribution in [-0.2, 0) is 4.79 Å². The number of nitrogens with zero attached hydrogens (tertiary/aromatic N) is 1. The Bertz CT molecular complexity index is 629. The number of rotatable bonds is 5. The molecule has 0 aliphatic rings. The highest BCUT2D eigenvalue weighted by Crippen LogP contribution is 2.16. The van der Waals surface area contributed by atoms with Gasteiger partial charge in [0.05, 0.1) is 24.4 Å². The van der Waals surface area contributed by atoms with Gasteiger partial charge in [0.25, 0.3) is 0 Å². The molecule has 21 heavy (non-hydrogen) atoms. The lowest BCUT2D eigenvalue weighted by molar-refractivity contribution is -0.116. The van der Waals surface area contributed by atoms with Gasteiger partial charge in [0.15, 0.2) is 0 Å². The number of pyridine rings is 1. The van der Waals surface area contributed by atoms with E-state index in [1.807, 2.05) is 0 Å². The summed E-state index contributed by atoms with van der Waals surface area (Å²) < 4.78 is 5.47. The fraction of sp³-hybridized carbons (Fsp3) is 0.200. The Labute approximate surface area is 128 Å². The summed E-state index contributed by atoms with van der Waals surface area (Å²) in [4.78, 5) is 15.9. The van der Waals surface area contributed by atoms with Gasteiger partial charge in [-0.1, -0.05) is 11.6 Å². The minimum Gasteiger partial charge on any atom is -0.493 e. The number of aryl methyl sites for hydroxylation is 1.